The molecule has 2 aromatic carbocycles. The fourth-order valence-corrected chi connectivity index (χ4v) is 1.73. The van der Waals surface area contributed by atoms with Crippen molar-refractivity contribution in [2.75, 3.05) is 7.11 Å². The average Bonchev–Trinajstić information content (AvgIpc) is 2.42. The predicted molar refractivity (Wildman–Crippen MR) is 75.3 cm³/mol. The molecule has 0 aliphatic carbocycles. The molecule has 0 amide bonds. The number of ether oxygens (including phenoxy) is 2. The SMILES string of the molecule is COc1ccccc1Oc1c(F)cc(C(N)=S)cc1F. The summed E-state index contributed by atoms with van der Waals surface area (Å²) in [6.07, 6.45) is 0. The lowest BCUT2D eigenvalue weighted by Crippen LogP contribution is -2.10. The van der Waals surface area contributed by atoms with E-state index in [1.807, 2.05) is 0 Å². The second-order valence-corrected chi connectivity index (χ2v) is 4.33. The Hall–Kier alpha value is -2.21. The van der Waals surface area contributed by atoms with Crippen LogP contribution in [0.2, 0.25) is 0 Å². The van der Waals surface area contributed by atoms with E-state index in [2.05, 4.69) is 12.2 Å². The summed E-state index contributed by atoms with van der Waals surface area (Å²) in [6.45, 7) is 0. The Labute approximate surface area is 119 Å². The van der Waals surface area contributed by atoms with Crippen LogP contribution in [0.25, 0.3) is 0 Å². The molecule has 20 heavy (non-hydrogen) atoms. The Morgan fingerprint density at radius 1 is 1.10 bits per heavy atom. The van der Waals surface area contributed by atoms with E-state index >= 15 is 0 Å². The quantitative estimate of drug-likeness (QED) is 0.878. The van der Waals surface area contributed by atoms with Crippen molar-refractivity contribution in [2.24, 2.45) is 5.73 Å². The van der Waals surface area contributed by atoms with Gasteiger partial charge in [-0.1, -0.05) is 24.4 Å². The van der Waals surface area contributed by atoms with Crippen LogP contribution in [0, 0.1) is 11.6 Å². The van der Waals surface area contributed by atoms with Crippen molar-refractivity contribution in [3.63, 3.8) is 0 Å². The summed E-state index contributed by atoms with van der Waals surface area (Å²) in [5.41, 5.74) is 5.44. The van der Waals surface area contributed by atoms with Crippen molar-refractivity contribution in [3.8, 4) is 17.2 Å². The Morgan fingerprint density at radius 3 is 2.15 bits per heavy atom. The summed E-state index contributed by atoms with van der Waals surface area (Å²) in [5, 5.41) is 0. The molecular weight excluding hydrogens is 284 g/mol. The molecule has 0 aromatic heterocycles. The zero-order chi connectivity index (χ0) is 14.7. The van der Waals surface area contributed by atoms with Crippen molar-refractivity contribution in [1.82, 2.24) is 0 Å². The van der Waals surface area contributed by atoms with Crippen molar-refractivity contribution < 1.29 is 18.3 Å². The number of nitrogens with two attached hydrogens (primary N) is 1. The van der Waals surface area contributed by atoms with Gasteiger partial charge in [-0.15, -0.1) is 0 Å². The van der Waals surface area contributed by atoms with Gasteiger partial charge in [-0.3, -0.25) is 0 Å². The molecule has 2 aromatic rings. The van der Waals surface area contributed by atoms with Gasteiger partial charge < -0.3 is 15.2 Å². The monoisotopic (exact) mass is 295 g/mol. The van der Waals surface area contributed by atoms with Crippen LogP contribution in [0.5, 0.6) is 17.2 Å². The molecular formula is C14H11F2NO2S. The number of hydrogen-bond donors (Lipinski definition) is 1. The third-order valence-electron chi connectivity index (χ3n) is 2.56. The highest BCUT2D eigenvalue weighted by Gasteiger charge is 2.16. The number of hydrogen-bond acceptors (Lipinski definition) is 3. The molecule has 6 heteroatoms. The Bertz CT molecular complexity index is 638. The first kappa shape index (κ1) is 14.2. The fourth-order valence-electron chi connectivity index (χ4n) is 1.61. The number of thiocarbonyl (C=S) groups is 1. The third kappa shape index (κ3) is 2.85. The smallest absolute Gasteiger partial charge is 0.198 e. The molecule has 0 fully saturated rings. The lowest BCUT2D eigenvalue weighted by molar-refractivity contribution is 0.359. The number of rotatable bonds is 4. The van der Waals surface area contributed by atoms with Gasteiger partial charge in [-0.05, 0) is 24.3 Å². The highest BCUT2D eigenvalue weighted by Crippen LogP contribution is 2.34. The maximum absolute atomic E-state index is 13.9. The summed E-state index contributed by atoms with van der Waals surface area (Å²) in [5.74, 6) is -1.74. The van der Waals surface area contributed by atoms with Crippen LogP contribution in [-0.2, 0) is 0 Å². The third-order valence-corrected chi connectivity index (χ3v) is 2.80. The van der Waals surface area contributed by atoms with Crippen LogP contribution in [0.1, 0.15) is 5.56 Å². The maximum atomic E-state index is 13.9. The summed E-state index contributed by atoms with van der Waals surface area (Å²) < 4.78 is 38.0. The molecule has 2 N–H and O–H groups in total. The first-order valence-corrected chi connectivity index (χ1v) is 6.03. The number of methoxy groups -OCH3 is 1. The molecule has 2 rings (SSSR count). The van der Waals surface area contributed by atoms with E-state index in [9.17, 15) is 8.78 Å². The second kappa shape index (κ2) is 5.83. The van der Waals surface area contributed by atoms with Gasteiger partial charge in [0.2, 0.25) is 0 Å². The lowest BCUT2D eigenvalue weighted by Gasteiger charge is -2.12. The predicted octanol–water partition coefficient (Wildman–Crippen LogP) is 3.40. The minimum Gasteiger partial charge on any atom is -0.493 e. The molecule has 0 spiro atoms. The zero-order valence-electron chi connectivity index (χ0n) is 10.5. The van der Waals surface area contributed by atoms with Gasteiger partial charge in [-0.25, -0.2) is 8.78 Å². The van der Waals surface area contributed by atoms with Gasteiger partial charge in [0.15, 0.2) is 28.9 Å². The van der Waals surface area contributed by atoms with Gasteiger partial charge in [0, 0.05) is 5.56 Å². The van der Waals surface area contributed by atoms with Gasteiger partial charge in [0.1, 0.15) is 4.99 Å². The topological polar surface area (TPSA) is 44.5 Å². The fraction of sp³-hybridized carbons (Fsp3) is 0.0714. The van der Waals surface area contributed by atoms with E-state index < -0.39 is 17.4 Å². The molecule has 0 bridgehead atoms. The molecule has 0 atom stereocenters. The van der Waals surface area contributed by atoms with E-state index in [0.29, 0.717) is 5.75 Å². The van der Waals surface area contributed by atoms with E-state index in [-0.39, 0.29) is 16.3 Å². The summed E-state index contributed by atoms with van der Waals surface area (Å²) in [6, 6.07) is 8.59. The van der Waals surface area contributed by atoms with E-state index in [1.54, 1.807) is 24.3 Å². The molecule has 3 nitrogen and oxygen atoms in total. The highest BCUT2D eigenvalue weighted by molar-refractivity contribution is 7.80. The van der Waals surface area contributed by atoms with Gasteiger partial charge in [0.25, 0.3) is 0 Å². The van der Waals surface area contributed by atoms with Crippen molar-refractivity contribution >= 4 is 17.2 Å². The summed E-state index contributed by atoms with van der Waals surface area (Å²) in [7, 11) is 1.44. The molecule has 104 valence electrons. The Kier molecular flexibility index (Phi) is 4.14. The molecule has 0 heterocycles. The molecule has 0 unspecified atom stereocenters. The van der Waals surface area contributed by atoms with Crippen LogP contribution >= 0.6 is 12.2 Å². The first-order valence-electron chi connectivity index (χ1n) is 5.62. The minimum atomic E-state index is -0.890. The van der Waals surface area contributed by atoms with Crippen LogP contribution in [0.4, 0.5) is 8.78 Å². The molecule has 0 saturated carbocycles. The van der Waals surface area contributed by atoms with Gasteiger partial charge >= 0.3 is 0 Å². The zero-order valence-corrected chi connectivity index (χ0v) is 11.3. The van der Waals surface area contributed by atoms with Crippen molar-refractivity contribution in [1.29, 1.82) is 0 Å². The minimum absolute atomic E-state index is 0.0911. The summed E-state index contributed by atoms with van der Waals surface area (Å²) >= 11 is 4.68. The van der Waals surface area contributed by atoms with Gasteiger partial charge in [-0.2, -0.15) is 0 Å². The standard InChI is InChI=1S/C14H11F2NO2S/c1-18-11-4-2-3-5-12(11)19-13-9(15)6-8(14(17)20)7-10(13)16/h2-7H,1H3,(H2,17,20). The van der Waals surface area contributed by atoms with E-state index in [0.717, 1.165) is 12.1 Å². The van der Waals surface area contributed by atoms with Gasteiger partial charge in [0.05, 0.1) is 7.11 Å². The average molecular weight is 295 g/mol. The first-order chi connectivity index (χ1) is 9.52. The van der Waals surface area contributed by atoms with Crippen LogP contribution in [0.15, 0.2) is 36.4 Å². The largest absolute Gasteiger partial charge is 0.493 e. The van der Waals surface area contributed by atoms with Crippen LogP contribution in [0.3, 0.4) is 0 Å². The van der Waals surface area contributed by atoms with E-state index in [4.69, 9.17) is 15.2 Å². The summed E-state index contributed by atoms with van der Waals surface area (Å²) in [4.78, 5) is -0.0911. The Balaban J connectivity index is 2.41. The molecule has 0 radical (unpaired) electrons. The highest BCUT2D eigenvalue weighted by atomic mass is 32.1. The number of halogens is 2. The van der Waals surface area contributed by atoms with Crippen LogP contribution < -0.4 is 15.2 Å². The van der Waals surface area contributed by atoms with Crippen molar-refractivity contribution in [3.05, 3.63) is 53.6 Å². The van der Waals surface area contributed by atoms with E-state index in [1.165, 1.54) is 7.11 Å². The lowest BCUT2D eigenvalue weighted by atomic mass is 10.2. The maximum Gasteiger partial charge on any atom is 0.198 e. The number of para-hydroxylation sites is 2. The van der Waals surface area contributed by atoms with Crippen LogP contribution in [-0.4, -0.2) is 12.1 Å². The van der Waals surface area contributed by atoms with Crippen molar-refractivity contribution in [2.45, 2.75) is 0 Å². The molecule has 0 aliphatic heterocycles. The second-order valence-electron chi connectivity index (χ2n) is 3.89. The molecule has 0 aliphatic rings. The molecule has 0 saturated heterocycles. The number of benzene rings is 2. The normalized spacial score (nSPS) is 10.2. The Morgan fingerprint density at radius 2 is 1.65 bits per heavy atom.